The number of nitrogens with zero attached hydrogens (tertiary/aromatic N) is 1. The number of ether oxygens (including phenoxy) is 2. The molecule has 3 aliphatic rings. The Morgan fingerprint density at radius 3 is 2.15 bits per heavy atom. The Morgan fingerprint density at radius 1 is 1.12 bits per heavy atom. The summed E-state index contributed by atoms with van der Waals surface area (Å²) >= 11 is 0. The zero-order valence-electron chi connectivity index (χ0n) is 17.2. The molecule has 3 heterocycles. The van der Waals surface area contributed by atoms with Gasteiger partial charge in [0.05, 0.1) is 17.5 Å². The van der Waals surface area contributed by atoms with Crippen LogP contribution in [0.25, 0.3) is 0 Å². The molecule has 3 rings (SSSR count). The number of hydrogen-bond donors (Lipinski definition) is 0. The van der Waals surface area contributed by atoms with Crippen LogP contribution in [-0.2, 0) is 18.8 Å². The Hall–Kier alpha value is -1.21. The van der Waals surface area contributed by atoms with Gasteiger partial charge in [-0.15, -0.1) is 0 Å². The van der Waals surface area contributed by atoms with Gasteiger partial charge in [0.15, 0.2) is 0 Å². The summed E-state index contributed by atoms with van der Waals surface area (Å²) in [5.41, 5.74) is -0.379. The first-order chi connectivity index (χ1) is 11.8. The van der Waals surface area contributed by atoms with Crippen LogP contribution >= 0.6 is 0 Å². The van der Waals surface area contributed by atoms with Crippen molar-refractivity contribution in [2.75, 3.05) is 13.1 Å². The number of rotatable bonds is 1. The third-order valence-electron chi connectivity index (χ3n) is 5.87. The van der Waals surface area contributed by atoms with Crippen molar-refractivity contribution >= 4 is 13.2 Å². The molecule has 1 spiro atoms. The molecular weight excluding hydrogens is 333 g/mol. The summed E-state index contributed by atoms with van der Waals surface area (Å²) in [6.07, 6.45) is 3.92. The minimum atomic E-state index is -0.471. The molecule has 1 amide bonds. The molecule has 2 fully saturated rings. The maximum absolute atomic E-state index is 12.2. The van der Waals surface area contributed by atoms with Crippen LogP contribution in [0.2, 0.25) is 0 Å². The number of carbonyl (C=O) groups is 1. The summed E-state index contributed by atoms with van der Waals surface area (Å²) < 4.78 is 23.8. The highest BCUT2D eigenvalue weighted by Gasteiger charge is 2.55. The Balaban J connectivity index is 1.56. The topological polar surface area (TPSA) is 57.2 Å². The molecule has 7 heteroatoms. The molecule has 6 nitrogen and oxygen atoms in total. The molecule has 0 atom stereocenters. The molecule has 3 aliphatic heterocycles. The second-order valence-corrected chi connectivity index (χ2v) is 9.73. The standard InChI is InChI=1S/C19H32BNO5/c1-16(2,3)24-15(22)21-10-8-19(9-11-21)12-14(13-23-19)20-25-17(4,5)18(6,7)26-20/h13H,8-12H2,1-7H3. The van der Waals surface area contributed by atoms with E-state index in [1.807, 2.05) is 27.0 Å². The molecule has 0 bridgehead atoms. The van der Waals surface area contributed by atoms with Gasteiger partial charge in [0, 0.05) is 32.4 Å². The molecule has 0 N–H and O–H groups in total. The first-order valence-electron chi connectivity index (χ1n) is 9.53. The predicted molar refractivity (Wildman–Crippen MR) is 99.6 cm³/mol. The van der Waals surface area contributed by atoms with Crippen LogP contribution in [0.15, 0.2) is 11.7 Å². The fourth-order valence-corrected chi connectivity index (χ4v) is 3.51. The number of amides is 1. The van der Waals surface area contributed by atoms with Crippen molar-refractivity contribution in [2.24, 2.45) is 0 Å². The highest BCUT2D eigenvalue weighted by Crippen LogP contribution is 2.44. The average molecular weight is 365 g/mol. The summed E-state index contributed by atoms with van der Waals surface area (Å²) in [6, 6.07) is 0. The van der Waals surface area contributed by atoms with Crippen molar-refractivity contribution in [2.45, 2.75) is 90.1 Å². The van der Waals surface area contributed by atoms with Crippen LogP contribution in [0.1, 0.15) is 67.7 Å². The predicted octanol–water partition coefficient (Wildman–Crippen LogP) is 3.69. The first kappa shape index (κ1) is 19.6. The minimum Gasteiger partial charge on any atom is -0.495 e. The minimum absolute atomic E-state index is 0.246. The lowest BCUT2D eigenvalue weighted by Gasteiger charge is -2.39. The first-order valence-corrected chi connectivity index (χ1v) is 9.53. The number of hydrogen-bond acceptors (Lipinski definition) is 5. The number of carbonyl (C=O) groups excluding carboxylic acids is 1. The lowest BCUT2D eigenvalue weighted by atomic mass is 9.72. The molecule has 0 radical (unpaired) electrons. The van der Waals surface area contributed by atoms with Crippen LogP contribution in [0, 0.1) is 0 Å². The maximum Gasteiger partial charge on any atom is 0.493 e. The summed E-state index contributed by atoms with van der Waals surface area (Å²) in [6.45, 7) is 15.2. The van der Waals surface area contributed by atoms with Gasteiger partial charge in [0.2, 0.25) is 0 Å². The summed E-state index contributed by atoms with van der Waals surface area (Å²) in [7, 11) is -0.358. The Labute approximate surface area is 157 Å². The molecule has 2 saturated heterocycles. The van der Waals surface area contributed by atoms with E-state index in [-0.39, 0.29) is 30.0 Å². The van der Waals surface area contributed by atoms with Crippen LogP contribution in [0.5, 0.6) is 0 Å². The Bertz CT molecular complexity index is 584. The van der Waals surface area contributed by atoms with Gasteiger partial charge in [-0.1, -0.05) is 0 Å². The molecular formula is C19H32BNO5. The zero-order valence-corrected chi connectivity index (χ0v) is 17.2. The van der Waals surface area contributed by atoms with Gasteiger partial charge >= 0.3 is 13.2 Å². The van der Waals surface area contributed by atoms with E-state index >= 15 is 0 Å². The van der Waals surface area contributed by atoms with Gasteiger partial charge in [-0.3, -0.25) is 0 Å². The molecule has 0 unspecified atom stereocenters. The molecule has 0 aliphatic carbocycles. The van der Waals surface area contributed by atoms with E-state index in [9.17, 15) is 4.79 Å². The highest BCUT2D eigenvalue weighted by molar-refractivity contribution is 6.54. The van der Waals surface area contributed by atoms with Crippen molar-refractivity contribution in [3.05, 3.63) is 11.7 Å². The largest absolute Gasteiger partial charge is 0.495 e. The van der Waals surface area contributed by atoms with Crippen molar-refractivity contribution in [3.8, 4) is 0 Å². The van der Waals surface area contributed by atoms with Gasteiger partial charge in [0.1, 0.15) is 11.2 Å². The smallest absolute Gasteiger partial charge is 0.493 e. The Morgan fingerprint density at radius 2 is 1.65 bits per heavy atom. The maximum atomic E-state index is 12.2. The van der Waals surface area contributed by atoms with E-state index in [4.69, 9.17) is 18.8 Å². The van der Waals surface area contributed by atoms with Gasteiger partial charge in [0.25, 0.3) is 0 Å². The third-order valence-corrected chi connectivity index (χ3v) is 5.87. The Kier molecular flexibility index (Phi) is 4.63. The molecule has 0 aromatic heterocycles. The third kappa shape index (κ3) is 3.74. The molecule has 146 valence electrons. The summed E-state index contributed by atoms with van der Waals surface area (Å²) in [4.78, 5) is 14.0. The molecule has 26 heavy (non-hydrogen) atoms. The van der Waals surface area contributed by atoms with Crippen molar-refractivity contribution in [1.29, 1.82) is 0 Å². The molecule has 0 saturated carbocycles. The normalized spacial score (nSPS) is 26.7. The van der Waals surface area contributed by atoms with E-state index in [1.165, 1.54) is 0 Å². The van der Waals surface area contributed by atoms with Gasteiger partial charge in [-0.05, 0) is 53.9 Å². The summed E-state index contributed by atoms with van der Waals surface area (Å²) in [5, 5.41) is 0. The fraction of sp³-hybridized carbons (Fsp3) is 0.842. The molecule has 0 aromatic carbocycles. The van der Waals surface area contributed by atoms with Crippen molar-refractivity contribution in [1.82, 2.24) is 4.90 Å². The molecule has 0 aromatic rings. The van der Waals surface area contributed by atoms with Crippen LogP contribution in [-0.4, -0.2) is 53.6 Å². The SMILES string of the molecule is CC(C)(C)OC(=O)N1CCC2(CC1)CC(B1OC(C)(C)C(C)(C)O1)=CO2. The summed E-state index contributed by atoms with van der Waals surface area (Å²) in [5.74, 6) is 0. The quantitative estimate of drug-likeness (QED) is 0.664. The average Bonchev–Trinajstić information content (AvgIpc) is 2.97. The van der Waals surface area contributed by atoms with E-state index < -0.39 is 5.60 Å². The number of piperidine rings is 1. The van der Waals surface area contributed by atoms with Crippen molar-refractivity contribution < 1.29 is 23.6 Å². The van der Waals surface area contributed by atoms with Gasteiger partial charge in [-0.2, -0.15) is 0 Å². The fourth-order valence-electron chi connectivity index (χ4n) is 3.51. The van der Waals surface area contributed by atoms with Crippen LogP contribution in [0.3, 0.4) is 0 Å². The monoisotopic (exact) mass is 365 g/mol. The van der Waals surface area contributed by atoms with Crippen molar-refractivity contribution in [3.63, 3.8) is 0 Å². The number of likely N-dealkylation sites (tertiary alicyclic amines) is 1. The highest BCUT2D eigenvalue weighted by atomic mass is 16.7. The van der Waals surface area contributed by atoms with E-state index in [1.54, 1.807) is 4.90 Å². The zero-order chi connectivity index (χ0) is 19.4. The van der Waals surface area contributed by atoms with Gasteiger partial charge < -0.3 is 23.7 Å². The second kappa shape index (κ2) is 6.16. The van der Waals surface area contributed by atoms with Gasteiger partial charge in [-0.25, -0.2) is 4.79 Å². The van der Waals surface area contributed by atoms with Crippen LogP contribution < -0.4 is 0 Å². The lowest BCUT2D eigenvalue weighted by molar-refractivity contribution is -0.0280. The van der Waals surface area contributed by atoms with E-state index in [2.05, 4.69) is 27.7 Å². The lowest BCUT2D eigenvalue weighted by Crippen LogP contribution is -2.48. The van der Waals surface area contributed by atoms with E-state index in [0.717, 1.165) is 24.7 Å². The van der Waals surface area contributed by atoms with E-state index in [0.29, 0.717) is 13.1 Å². The van der Waals surface area contributed by atoms with Crippen LogP contribution in [0.4, 0.5) is 4.79 Å². The second-order valence-electron chi connectivity index (χ2n) is 9.73.